The van der Waals surface area contributed by atoms with Crippen LogP contribution in [0.3, 0.4) is 0 Å². The summed E-state index contributed by atoms with van der Waals surface area (Å²) in [6.07, 6.45) is 7.37. The van der Waals surface area contributed by atoms with Crippen molar-refractivity contribution in [3.05, 3.63) is 35.2 Å². The molecular weight excluding hydrogens is 260 g/mol. The summed E-state index contributed by atoms with van der Waals surface area (Å²) < 4.78 is 1.94. The van der Waals surface area contributed by atoms with E-state index in [2.05, 4.69) is 32.5 Å². The summed E-state index contributed by atoms with van der Waals surface area (Å²) in [5.41, 5.74) is 0.808. The molecule has 7 heteroatoms. The molecule has 0 saturated carbocycles. The van der Waals surface area contributed by atoms with Crippen LogP contribution in [0.1, 0.15) is 18.0 Å². The van der Waals surface area contributed by atoms with Crippen molar-refractivity contribution in [3.63, 3.8) is 0 Å². The SMILES string of the molecule is CNc1cn2ccnc2c(NC(C)c2nccs2)n1. The molecule has 0 saturated heterocycles. The van der Waals surface area contributed by atoms with E-state index in [0.29, 0.717) is 0 Å². The summed E-state index contributed by atoms with van der Waals surface area (Å²) >= 11 is 1.62. The second kappa shape index (κ2) is 4.85. The van der Waals surface area contributed by atoms with Crippen LogP contribution in [0.25, 0.3) is 5.65 Å². The van der Waals surface area contributed by atoms with Crippen molar-refractivity contribution in [3.8, 4) is 0 Å². The summed E-state index contributed by atoms with van der Waals surface area (Å²) in [6, 6.07) is 0.0973. The molecule has 3 heterocycles. The number of hydrogen-bond donors (Lipinski definition) is 2. The van der Waals surface area contributed by atoms with Crippen LogP contribution in [0.2, 0.25) is 0 Å². The number of imidazole rings is 1. The Morgan fingerprint density at radius 1 is 1.32 bits per heavy atom. The van der Waals surface area contributed by atoms with Crippen molar-refractivity contribution in [2.75, 3.05) is 17.7 Å². The number of anilines is 2. The molecule has 1 unspecified atom stereocenters. The Kier molecular flexibility index (Phi) is 3.04. The van der Waals surface area contributed by atoms with E-state index in [1.807, 2.05) is 29.2 Å². The number of rotatable bonds is 4. The van der Waals surface area contributed by atoms with Crippen LogP contribution in [-0.4, -0.2) is 26.4 Å². The molecule has 0 fully saturated rings. The molecule has 6 nitrogen and oxygen atoms in total. The van der Waals surface area contributed by atoms with Crippen molar-refractivity contribution in [2.24, 2.45) is 0 Å². The fraction of sp³-hybridized carbons (Fsp3) is 0.250. The van der Waals surface area contributed by atoms with Gasteiger partial charge in [-0.25, -0.2) is 15.0 Å². The highest BCUT2D eigenvalue weighted by Gasteiger charge is 2.12. The van der Waals surface area contributed by atoms with Crippen molar-refractivity contribution >= 4 is 28.6 Å². The third-order valence-corrected chi connectivity index (χ3v) is 3.76. The van der Waals surface area contributed by atoms with Crippen LogP contribution < -0.4 is 10.6 Å². The van der Waals surface area contributed by atoms with Gasteiger partial charge in [0.25, 0.3) is 0 Å². The number of nitrogens with one attached hydrogen (secondary N) is 2. The molecule has 0 aliphatic carbocycles. The molecule has 98 valence electrons. The van der Waals surface area contributed by atoms with E-state index in [9.17, 15) is 0 Å². The van der Waals surface area contributed by atoms with Crippen LogP contribution in [0, 0.1) is 0 Å². The van der Waals surface area contributed by atoms with E-state index < -0.39 is 0 Å². The third-order valence-electron chi connectivity index (χ3n) is 2.81. The zero-order valence-corrected chi connectivity index (χ0v) is 11.5. The van der Waals surface area contributed by atoms with Gasteiger partial charge in [0.05, 0.1) is 12.2 Å². The van der Waals surface area contributed by atoms with Crippen LogP contribution >= 0.6 is 11.3 Å². The minimum atomic E-state index is 0.0973. The van der Waals surface area contributed by atoms with Gasteiger partial charge in [-0.1, -0.05) is 0 Å². The molecule has 0 amide bonds. The molecule has 3 aromatic heterocycles. The summed E-state index contributed by atoms with van der Waals surface area (Å²) in [7, 11) is 1.85. The predicted octanol–water partition coefficient (Wildman–Crippen LogP) is 2.40. The Hall–Kier alpha value is -2.15. The monoisotopic (exact) mass is 274 g/mol. The maximum Gasteiger partial charge on any atom is 0.180 e. The van der Waals surface area contributed by atoms with Gasteiger partial charge >= 0.3 is 0 Å². The van der Waals surface area contributed by atoms with Crippen molar-refractivity contribution in [1.29, 1.82) is 0 Å². The normalized spacial score (nSPS) is 12.5. The number of fused-ring (bicyclic) bond motifs is 1. The molecule has 0 aliphatic heterocycles. The van der Waals surface area contributed by atoms with Crippen LogP contribution in [0.4, 0.5) is 11.6 Å². The first kappa shape index (κ1) is 11.9. The second-order valence-electron chi connectivity index (χ2n) is 4.12. The fourth-order valence-electron chi connectivity index (χ4n) is 1.86. The van der Waals surface area contributed by atoms with Gasteiger partial charge in [-0.15, -0.1) is 11.3 Å². The summed E-state index contributed by atoms with van der Waals surface area (Å²) in [6.45, 7) is 2.06. The average Bonchev–Trinajstić information content (AvgIpc) is 3.09. The molecule has 0 aromatic carbocycles. The van der Waals surface area contributed by atoms with E-state index in [0.717, 1.165) is 22.3 Å². The number of aromatic nitrogens is 4. The minimum Gasteiger partial charge on any atom is -0.372 e. The van der Waals surface area contributed by atoms with Gasteiger partial charge in [0, 0.05) is 31.0 Å². The van der Waals surface area contributed by atoms with Gasteiger partial charge in [0.1, 0.15) is 10.8 Å². The Morgan fingerprint density at radius 2 is 2.21 bits per heavy atom. The average molecular weight is 274 g/mol. The van der Waals surface area contributed by atoms with E-state index in [-0.39, 0.29) is 6.04 Å². The molecule has 0 bridgehead atoms. The summed E-state index contributed by atoms with van der Waals surface area (Å²) in [5.74, 6) is 1.54. The number of hydrogen-bond acceptors (Lipinski definition) is 6. The Labute approximate surface area is 114 Å². The summed E-state index contributed by atoms with van der Waals surface area (Å²) in [4.78, 5) is 13.1. The first-order chi connectivity index (χ1) is 9.28. The quantitative estimate of drug-likeness (QED) is 0.764. The topological polar surface area (TPSA) is 67.1 Å². The zero-order valence-electron chi connectivity index (χ0n) is 10.7. The molecule has 2 N–H and O–H groups in total. The van der Waals surface area contributed by atoms with E-state index in [4.69, 9.17) is 0 Å². The van der Waals surface area contributed by atoms with E-state index in [1.54, 1.807) is 23.7 Å². The Bertz CT molecular complexity index is 675. The molecule has 19 heavy (non-hydrogen) atoms. The molecular formula is C12H14N6S. The van der Waals surface area contributed by atoms with E-state index in [1.165, 1.54) is 0 Å². The van der Waals surface area contributed by atoms with Gasteiger partial charge in [-0.3, -0.25) is 0 Å². The molecule has 1 atom stereocenters. The van der Waals surface area contributed by atoms with Crippen molar-refractivity contribution in [2.45, 2.75) is 13.0 Å². The van der Waals surface area contributed by atoms with Gasteiger partial charge < -0.3 is 15.0 Å². The van der Waals surface area contributed by atoms with Crippen LogP contribution in [0.15, 0.2) is 30.2 Å². The largest absolute Gasteiger partial charge is 0.372 e. The number of nitrogens with zero attached hydrogens (tertiary/aromatic N) is 4. The first-order valence-corrected chi connectivity index (χ1v) is 6.83. The van der Waals surface area contributed by atoms with Crippen LogP contribution in [-0.2, 0) is 0 Å². The standard InChI is InChI=1S/C12H14N6S/c1-8(12-15-4-6-19-12)16-10-11-14-3-5-18(11)7-9(13-2)17-10/h3-8,13H,1-2H3,(H,16,17). The third kappa shape index (κ3) is 2.24. The van der Waals surface area contributed by atoms with E-state index >= 15 is 0 Å². The number of thiazole rings is 1. The van der Waals surface area contributed by atoms with Gasteiger partial charge in [-0.2, -0.15) is 0 Å². The molecule has 3 rings (SSSR count). The predicted molar refractivity (Wildman–Crippen MR) is 76.7 cm³/mol. The van der Waals surface area contributed by atoms with Gasteiger partial charge in [0.2, 0.25) is 0 Å². The molecule has 0 radical (unpaired) electrons. The maximum absolute atomic E-state index is 4.51. The first-order valence-electron chi connectivity index (χ1n) is 5.95. The fourth-order valence-corrected chi connectivity index (χ4v) is 2.51. The Morgan fingerprint density at radius 3 is 2.95 bits per heavy atom. The second-order valence-corrected chi connectivity index (χ2v) is 5.05. The smallest absolute Gasteiger partial charge is 0.180 e. The van der Waals surface area contributed by atoms with Crippen LogP contribution in [0.5, 0.6) is 0 Å². The lowest BCUT2D eigenvalue weighted by atomic mass is 10.3. The van der Waals surface area contributed by atoms with Gasteiger partial charge in [0.15, 0.2) is 11.5 Å². The lowest BCUT2D eigenvalue weighted by molar-refractivity contribution is 0.859. The molecule has 3 aromatic rings. The maximum atomic E-state index is 4.51. The van der Waals surface area contributed by atoms with Crippen molar-refractivity contribution < 1.29 is 0 Å². The highest BCUT2D eigenvalue weighted by molar-refractivity contribution is 7.09. The lowest BCUT2D eigenvalue weighted by Crippen LogP contribution is -2.10. The molecule has 0 spiro atoms. The zero-order chi connectivity index (χ0) is 13.2. The lowest BCUT2D eigenvalue weighted by Gasteiger charge is -2.13. The minimum absolute atomic E-state index is 0.0973. The molecule has 0 aliphatic rings. The highest BCUT2D eigenvalue weighted by Crippen LogP contribution is 2.23. The Balaban J connectivity index is 1.97. The summed E-state index contributed by atoms with van der Waals surface area (Å²) in [5, 5.41) is 9.40. The highest BCUT2D eigenvalue weighted by atomic mass is 32.1. The van der Waals surface area contributed by atoms with Crippen molar-refractivity contribution in [1.82, 2.24) is 19.4 Å². The van der Waals surface area contributed by atoms with Gasteiger partial charge in [-0.05, 0) is 6.92 Å².